The Morgan fingerprint density at radius 3 is 2.65 bits per heavy atom. The average Bonchev–Trinajstić information content (AvgIpc) is 2.58. The summed E-state index contributed by atoms with van der Waals surface area (Å²) >= 11 is 3.37. The number of ether oxygens (including phenoxy) is 2. The Bertz CT molecular complexity index is 755. The summed E-state index contributed by atoms with van der Waals surface area (Å²) in [6, 6.07) is 12.7. The number of allylic oxidation sites excluding steroid dienone is 1. The SMILES string of the molecule is C#CCOc1ccc(C(=O)/C=C/c2ccc(Br)cc2)c(OC)c1. The van der Waals surface area contributed by atoms with Crippen molar-refractivity contribution in [3.8, 4) is 23.8 Å². The van der Waals surface area contributed by atoms with Crippen LogP contribution in [0.1, 0.15) is 15.9 Å². The lowest BCUT2D eigenvalue weighted by atomic mass is 10.1. The van der Waals surface area contributed by atoms with Gasteiger partial charge in [-0.25, -0.2) is 0 Å². The summed E-state index contributed by atoms with van der Waals surface area (Å²) in [6.07, 6.45) is 8.43. The summed E-state index contributed by atoms with van der Waals surface area (Å²) in [5.41, 5.74) is 1.41. The van der Waals surface area contributed by atoms with Gasteiger partial charge in [0.1, 0.15) is 18.1 Å². The maximum absolute atomic E-state index is 12.3. The van der Waals surface area contributed by atoms with Crippen molar-refractivity contribution in [3.63, 3.8) is 0 Å². The van der Waals surface area contributed by atoms with E-state index >= 15 is 0 Å². The van der Waals surface area contributed by atoms with E-state index in [0.29, 0.717) is 17.1 Å². The normalized spacial score (nSPS) is 10.3. The zero-order valence-corrected chi connectivity index (χ0v) is 14.2. The number of benzene rings is 2. The second kappa shape index (κ2) is 8.21. The predicted molar refractivity (Wildman–Crippen MR) is 94.8 cm³/mol. The van der Waals surface area contributed by atoms with Crippen molar-refractivity contribution < 1.29 is 14.3 Å². The standard InChI is InChI=1S/C19H15BrO3/c1-3-12-23-16-9-10-17(19(13-16)22-2)18(21)11-6-14-4-7-15(20)8-5-14/h1,4-11,13H,12H2,2H3/b11-6+. The molecule has 0 amide bonds. The number of rotatable bonds is 6. The Hall–Kier alpha value is -2.51. The van der Waals surface area contributed by atoms with Crippen LogP contribution in [-0.2, 0) is 0 Å². The molecule has 0 heterocycles. The van der Waals surface area contributed by atoms with Crippen LogP contribution in [0.4, 0.5) is 0 Å². The minimum absolute atomic E-state index is 0.145. The Kier molecular flexibility index (Phi) is 6.02. The highest BCUT2D eigenvalue weighted by Gasteiger charge is 2.11. The van der Waals surface area contributed by atoms with Crippen molar-refractivity contribution in [1.82, 2.24) is 0 Å². The van der Waals surface area contributed by atoms with Gasteiger partial charge in [0.05, 0.1) is 12.7 Å². The van der Waals surface area contributed by atoms with Crippen molar-refractivity contribution in [3.05, 3.63) is 64.1 Å². The summed E-state index contributed by atoms with van der Waals surface area (Å²) < 4.78 is 11.6. The van der Waals surface area contributed by atoms with Gasteiger partial charge in [0.25, 0.3) is 0 Å². The molecule has 4 heteroatoms. The molecule has 2 aromatic rings. The second-order valence-electron chi connectivity index (χ2n) is 4.60. The van der Waals surface area contributed by atoms with E-state index in [1.807, 2.05) is 24.3 Å². The maximum atomic E-state index is 12.3. The van der Waals surface area contributed by atoms with Crippen molar-refractivity contribution in [2.24, 2.45) is 0 Å². The molecule has 0 bridgehead atoms. The molecule has 0 atom stereocenters. The predicted octanol–water partition coefficient (Wildman–Crippen LogP) is 4.37. The van der Waals surface area contributed by atoms with E-state index in [0.717, 1.165) is 10.0 Å². The first-order valence-electron chi connectivity index (χ1n) is 6.86. The van der Waals surface area contributed by atoms with Gasteiger partial charge in [0.2, 0.25) is 0 Å². The molecule has 0 saturated heterocycles. The van der Waals surface area contributed by atoms with E-state index in [1.54, 1.807) is 24.3 Å². The van der Waals surface area contributed by atoms with Crippen LogP contribution in [0.25, 0.3) is 6.08 Å². The fourth-order valence-corrected chi connectivity index (χ4v) is 2.19. The minimum atomic E-state index is -0.145. The van der Waals surface area contributed by atoms with E-state index in [2.05, 4.69) is 21.9 Å². The van der Waals surface area contributed by atoms with Gasteiger partial charge in [-0.15, -0.1) is 6.42 Å². The van der Waals surface area contributed by atoms with Gasteiger partial charge in [0.15, 0.2) is 5.78 Å². The third-order valence-corrected chi connectivity index (χ3v) is 3.59. The molecule has 23 heavy (non-hydrogen) atoms. The van der Waals surface area contributed by atoms with Crippen molar-refractivity contribution in [2.45, 2.75) is 0 Å². The van der Waals surface area contributed by atoms with E-state index in [-0.39, 0.29) is 12.4 Å². The highest BCUT2D eigenvalue weighted by molar-refractivity contribution is 9.10. The fourth-order valence-electron chi connectivity index (χ4n) is 1.93. The zero-order valence-electron chi connectivity index (χ0n) is 12.6. The number of hydrogen-bond acceptors (Lipinski definition) is 3. The van der Waals surface area contributed by atoms with Crippen molar-refractivity contribution >= 4 is 27.8 Å². The van der Waals surface area contributed by atoms with Crippen LogP contribution in [0.2, 0.25) is 0 Å². The molecule has 0 N–H and O–H groups in total. The van der Waals surface area contributed by atoms with Crippen LogP contribution >= 0.6 is 15.9 Å². The van der Waals surface area contributed by atoms with Gasteiger partial charge in [-0.2, -0.15) is 0 Å². The van der Waals surface area contributed by atoms with Crippen LogP contribution in [0, 0.1) is 12.3 Å². The van der Waals surface area contributed by atoms with E-state index in [1.165, 1.54) is 13.2 Å². The molecular formula is C19H15BrO3. The first-order chi connectivity index (χ1) is 11.1. The molecule has 3 nitrogen and oxygen atoms in total. The molecule has 0 unspecified atom stereocenters. The fraction of sp³-hybridized carbons (Fsp3) is 0.105. The number of carbonyl (C=O) groups is 1. The van der Waals surface area contributed by atoms with Gasteiger partial charge in [-0.05, 0) is 35.9 Å². The molecule has 0 spiro atoms. The lowest BCUT2D eigenvalue weighted by Gasteiger charge is -2.08. The zero-order chi connectivity index (χ0) is 16.7. The molecule has 116 valence electrons. The van der Waals surface area contributed by atoms with Crippen LogP contribution < -0.4 is 9.47 Å². The summed E-state index contributed by atoms with van der Waals surface area (Å²) in [5.74, 6) is 3.26. The Balaban J connectivity index is 2.18. The topological polar surface area (TPSA) is 35.5 Å². The number of methoxy groups -OCH3 is 1. The van der Waals surface area contributed by atoms with Crippen molar-refractivity contribution in [1.29, 1.82) is 0 Å². The monoisotopic (exact) mass is 370 g/mol. The molecule has 2 aromatic carbocycles. The summed E-state index contributed by atoms with van der Waals surface area (Å²) in [4.78, 5) is 12.3. The Morgan fingerprint density at radius 2 is 2.00 bits per heavy atom. The first kappa shape index (κ1) is 16.9. The van der Waals surface area contributed by atoms with Crippen LogP contribution in [0.3, 0.4) is 0 Å². The highest BCUT2D eigenvalue weighted by Crippen LogP contribution is 2.25. The van der Waals surface area contributed by atoms with Gasteiger partial charge >= 0.3 is 0 Å². The third-order valence-electron chi connectivity index (χ3n) is 3.06. The lowest BCUT2D eigenvalue weighted by Crippen LogP contribution is -2.00. The number of hydrogen-bond donors (Lipinski definition) is 0. The largest absolute Gasteiger partial charge is 0.496 e. The van der Waals surface area contributed by atoms with E-state index in [9.17, 15) is 4.79 Å². The molecule has 0 radical (unpaired) electrons. The number of terminal acetylenes is 1. The van der Waals surface area contributed by atoms with Gasteiger partial charge in [-0.3, -0.25) is 4.79 Å². The van der Waals surface area contributed by atoms with Gasteiger partial charge in [-0.1, -0.05) is 40.1 Å². The third kappa shape index (κ3) is 4.73. The molecule has 0 aliphatic heterocycles. The summed E-state index contributed by atoms with van der Waals surface area (Å²) in [7, 11) is 1.51. The summed E-state index contributed by atoms with van der Waals surface area (Å²) in [5, 5.41) is 0. The maximum Gasteiger partial charge on any atom is 0.189 e. The van der Waals surface area contributed by atoms with Crippen LogP contribution in [0.15, 0.2) is 53.0 Å². The van der Waals surface area contributed by atoms with Crippen molar-refractivity contribution in [2.75, 3.05) is 13.7 Å². The highest BCUT2D eigenvalue weighted by atomic mass is 79.9. The molecule has 0 fully saturated rings. The average molecular weight is 371 g/mol. The van der Waals surface area contributed by atoms with Crippen LogP contribution in [0.5, 0.6) is 11.5 Å². The number of ketones is 1. The molecule has 0 aromatic heterocycles. The van der Waals surface area contributed by atoms with Gasteiger partial charge < -0.3 is 9.47 Å². The smallest absolute Gasteiger partial charge is 0.189 e. The molecule has 2 rings (SSSR count). The molecule has 0 aliphatic carbocycles. The minimum Gasteiger partial charge on any atom is -0.496 e. The lowest BCUT2D eigenvalue weighted by molar-refractivity contribution is 0.104. The number of carbonyl (C=O) groups excluding carboxylic acids is 1. The van der Waals surface area contributed by atoms with Gasteiger partial charge in [0, 0.05) is 10.5 Å². The molecule has 0 saturated carbocycles. The van der Waals surface area contributed by atoms with Crippen LogP contribution in [-0.4, -0.2) is 19.5 Å². The second-order valence-corrected chi connectivity index (χ2v) is 5.52. The Morgan fingerprint density at radius 1 is 1.26 bits per heavy atom. The van der Waals surface area contributed by atoms with E-state index in [4.69, 9.17) is 15.9 Å². The molecular weight excluding hydrogens is 356 g/mol. The summed E-state index contributed by atoms with van der Waals surface area (Å²) in [6.45, 7) is 0.167. The number of halogens is 1. The van der Waals surface area contributed by atoms with E-state index < -0.39 is 0 Å². The quantitative estimate of drug-likeness (QED) is 0.430. The Labute approximate surface area is 144 Å². The first-order valence-corrected chi connectivity index (χ1v) is 7.65. The molecule has 0 aliphatic rings.